The average Bonchev–Trinajstić information content (AvgIpc) is 2.55. The van der Waals surface area contributed by atoms with Gasteiger partial charge in [0.15, 0.2) is 6.23 Å². The van der Waals surface area contributed by atoms with Crippen molar-refractivity contribution in [1.29, 1.82) is 0 Å². The van der Waals surface area contributed by atoms with Crippen molar-refractivity contribution in [1.82, 2.24) is 5.32 Å². The molecule has 1 aliphatic heterocycles. The molecule has 104 valence electrons. The van der Waals surface area contributed by atoms with Gasteiger partial charge in [0, 0.05) is 17.2 Å². The van der Waals surface area contributed by atoms with E-state index in [-0.39, 0.29) is 12.3 Å². The number of ether oxygens (including phenoxy) is 1. The summed E-state index contributed by atoms with van der Waals surface area (Å²) in [5.74, 6) is 0.980. The van der Waals surface area contributed by atoms with E-state index in [2.05, 4.69) is 60.8 Å². The van der Waals surface area contributed by atoms with Crippen molar-refractivity contribution < 1.29 is 4.74 Å². The SMILES string of the molecule is C[C@H]1N[C@H](c2ccccc2)Oc2ccc3ccccc3c21. The molecular formula is C19H17NO. The standard InChI is InChI=1S/C19H17NO/c1-13-18-16-10-6-5-7-14(16)11-12-17(18)21-19(20-13)15-8-3-2-4-9-15/h2-13,19-20H,1H3/t13-,19+/m1/s1. The highest BCUT2D eigenvalue weighted by Crippen LogP contribution is 2.39. The molecule has 4 rings (SSSR count). The summed E-state index contributed by atoms with van der Waals surface area (Å²) >= 11 is 0. The zero-order valence-corrected chi connectivity index (χ0v) is 11.9. The first-order valence-corrected chi connectivity index (χ1v) is 7.32. The summed E-state index contributed by atoms with van der Waals surface area (Å²) in [4.78, 5) is 0. The van der Waals surface area contributed by atoms with Gasteiger partial charge in [0.25, 0.3) is 0 Å². The Balaban J connectivity index is 1.81. The summed E-state index contributed by atoms with van der Waals surface area (Å²) in [5.41, 5.74) is 2.41. The summed E-state index contributed by atoms with van der Waals surface area (Å²) in [5, 5.41) is 6.08. The third kappa shape index (κ3) is 2.08. The van der Waals surface area contributed by atoms with Gasteiger partial charge in [-0.15, -0.1) is 0 Å². The van der Waals surface area contributed by atoms with Gasteiger partial charge >= 0.3 is 0 Å². The van der Waals surface area contributed by atoms with Gasteiger partial charge in [-0.05, 0) is 23.8 Å². The maximum Gasteiger partial charge on any atom is 0.176 e. The molecule has 1 heterocycles. The minimum absolute atomic E-state index is 0.0881. The molecule has 0 spiro atoms. The fraction of sp³-hybridized carbons (Fsp3) is 0.158. The molecule has 3 aromatic rings. The number of nitrogens with one attached hydrogen (secondary N) is 1. The van der Waals surface area contributed by atoms with Crippen LogP contribution in [0, 0.1) is 0 Å². The lowest BCUT2D eigenvalue weighted by atomic mass is 9.96. The van der Waals surface area contributed by atoms with Crippen LogP contribution in [0.3, 0.4) is 0 Å². The van der Waals surface area contributed by atoms with E-state index in [1.54, 1.807) is 0 Å². The molecular weight excluding hydrogens is 258 g/mol. The van der Waals surface area contributed by atoms with Gasteiger partial charge in [0.05, 0.1) is 0 Å². The van der Waals surface area contributed by atoms with Gasteiger partial charge in [0.1, 0.15) is 5.75 Å². The Morgan fingerprint density at radius 1 is 0.857 bits per heavy atom. The fourth-order valence-corrected chi connectivity index (χ4v) is 3.09. The lowest BCUT2D eigenvalue weighted by molar-refractivity contribution is 0.129. The van der Waals surface area contributed by atoms with Crippen LogP contribution in [0.1, 0.15) is 30.3 Å². The number of rotatable bonds is 1. The Morgan fingerprint density at radius 2 is 1.62 bits per heavy atom. The molecule has 2 nitrogen and oxygen atoms in total. The van der Waals surface area contributed by atoms with Gasteiger partial charge in [-0.3, -0.25) is 5.32 Å². The summed E-state index contributed by atoms with van der Waals surface area (Å²) in [6, 6.07) is 23.2. The van der Waals surface area contributed by atoms with E-state index >= 15 is 0 Å². The van der Waals surface area contributed by atoms with Crippen molar-refractivity contribution in [3.05, 3.63) is 77.9 Å². The quantitative estimate of drug-likeness (QED) is 0.701. The van der Waals surface area contributed by atoms with Crippen molar-refractivity contribution in [2.45, 2.75) is 19.2 Å². The first-order valence-electron chi connectivity index (χ1n) is 7.32. The molecule has 2 heteroatoms. The smallest absolute Gasteiger partial charge is 0.176 e. The van der Waals surface area contributed by atoms with Gasteiger partial charge in [-0.2, -0.15) is 0 Å². The van der Waals surface area contributed by atoms with Crippen molar-refractivity contribution in [2.24, 2.45) is 0 Å². The van der Waals surface area contributed by atoms with Gasteiger partial charge in [-0.1, -0.05) is 60.7 Å². The van der Waals surface area contributed by atoms with Crippen LogP contribution >= 0.6 is 0 Å². The number of fused-ring (bicyclic) bond motifs is 3. The minimum atomic E-state index is -0.0881. The average molecular weight is 275 g/mol. The van der Waals surface area contributed by atoms with Crippen LogP contribution in [0.15, 0.2) is 66.7 Å². The monoisotopic (exact) mass is 275 g/mol. The normalized spacial score (nSPS) is 20.8. The topological polar surface area (TPSA) is 21.3 Å². The predicted molar refractivity (Wildman–Crippen MR) is 85.3 cm³/mol. The molecule has 0 saturated heterocycles. The van der Waals surface area contributed by atoms with Gasteiger partial charge < -0.3 is 4.74 Å². The summed E-state index contributed by atoms with van der Waals surface area (Å²) in [6.07, 6.45) is -0.0881. The molecule has 0 radical (unpaired) electrons. The molecule has 3 aromatic carbocycles. The van der Waals surface area contributed by atoms with Crippen LogP contribution in [0.5, 0.6) is 5.75 Å². The van der Waals surface area contributed by atoms with Crippen LogP contribution in [0.2, 0.25) is 0 Å². The summed E-state index contributed by atoms with van der Waals surface area (Å²) < 4.78 is 6.19. The van der Waals surface area contributed by atoms with Gasteiger partial charge in [0.2, 0.25) is 0 Å². The highest BCUT2D eigenvalue weighted by atomic mass is 16.5. The zero-order chi connectivity index (χ0) is 14.2. The van der Waals surface area contributed by atoms with Crippen LogP contribution < -0.4 is 10.1 Å². The van der Waals surface area contributed by atoms with E-state index < -0.39 is 0 Å². The Labute approximate surface area is 124 Å². The Bertz CT molecular complexity index is 782. The van der Waals surface area contributed by atoms with E-state index in [1.807, 2.05) is 18.2 Å². The van der Waals surface area contributed by atoms with Crippen molar-refractivity contribution in [3.8, 4) is 5.75 Å². The lowest BCUT2D eigenvalue weighted by Crippen LogP contribution is -2.33. The Hall–Kier alpha value is -2.32. The molecule has 0 aromatic heterocycles. The summed E-state index contributed by atoms with van der Waals surface area (Å²) in [7, 11) is 0. The first-order chi connectivity index (χ1) is 10.3. The van der Waals surface area contributed by atoms with Gasteiger partial charge in [-0.25, -0.2) is 0 Å². The molecule has 0 unspecified atom stereocenters. The molecule has 21 heavy (non-hydrogen) atoms. The first kappa shape index (κ1) is 12.4. The van der Waals surface area contributed by atoms with E-state index in [4.69, 9.17) is 4.74 Å². The maximum absolute atomic E-state index is 6.19. The molecule has 0 amide bonds. The second-order valence-electron chi connectivity index (χ2n) is 5.50. The van der Waals surface area contributed by atoms with E-state index in [1.165, 1.54) is 16.3 Å². The number of hydrogen-bond acceptors (Lipinski definition) is 2. The van der Waals surface area contributed by atoms with E-state index in [0.717, 1.165) is 11.3 Å². The van der Waals surface area contributed by atoms with Crippen LogP contribution in [-0.2, 0) is 0 Å². The molecule has 0 saturated carbocycles. The Kier molecular flexibility index (Phi) is 2.90. The van der Waals surface area contributed by atoms with Crippen LogP contribution in [0.25, 0.3) is 10.8 Å². The third-order valence-electron chi connectivity index (χ3n) is 4.11. The number of benzene rings is 3. The maximum atomic E-state index is 6.19. The second-order valence-corrected chi connectivity index (χ2v) is 5.50. The Morgan fingerprint density at radius 3 is 2.48 bits per heavy atom. The largest absolute Gasteiger partial charge is 0.471 e. The molecule has 2 atom stereocenters. The van der Waals surface area contributed by atoms with Crippen molar-refractivity contribution >= 4 is 10.8 Å². The molecule has 0 aliphatic carbocycles. The predicted octanol–water partition coefficient (Wildman–Crippen LogP) is 4.58. The highest BCUT2D eigenvalue weighted by Gasteiger charge is 2.27. The molecule has 1 N–H and O–H groups in total. The van der Waals surface area contributed by atoms with Crippen molar-refractivity contribution in [3.63, 3.8) is 0 Å². The summed E-state index contributed by atoms with van der Waals surface area (Å²) in [6.45, 7) is 2.20. The third-order valence-corrected chi connectivity index (χ3v) is 4.11. The highest BCUT2D eigenvalue weighted by molar-refractivity contribution is 5.88. The van der Waals surface area contributed by atoms with E-state index in [9.17, 15) is 0 Å². The van der Waals surface area contributed by atoms with Crippen LogP contribution in [-0.4, -0.2) is 0 Å². The minimum Gasteiger partial charge on any atom is -0.471 e. The number of hydrogen-bond donors (Lipinski definition) is 1. The second kappa shape index (κ2) is 4.90. The molecule has 0 bridgehead atoms. The lowest BCUT2D eigenvalue weighted by Gasteiger charge is -2.33. The van der Waals surface area contributed by atoms with Crippen LogP contribution in [0.4, 0.5) is 0 Å². The zero-order valence-electron chi connectivity index (χ0n) is 11.9. The van der Waals surface area contributed by atoms with Crippen molar-refractivity contribution in [2.75, 3.05) is 0 Å². The van der Waals surface area contributed by atoms with E-state index in [0.29, 0.717) is 0 Å². The fourth-order valence-electron chi connectivity index (χ4n) is 3.09. The molecule has 1 aliphatic rings. The molecule has 0 fully saturated rings.